The molecular formula is C18H20BrNO. The Morgan fingerprint density at radius 3 is 2.62 bits per heavy atom. The summed E-state index contributed by atoms with van der Waals surface area (Å²) in [7, 11) is 1.71. The van der Waals surface area contributed by atoms with Crippen molar-refractivity contribution < 1.29 is 4.74 Å². The van der Waals surface area contributed by atoms with Crippen molar-refractivity contribution in [1.82, 2.24) is 0 Å². The van der Waals surface area contributed by atoms with Gasteiger partial charge < -0.3 is 10.1 Å². The maximum absolute atomic E-state index is 5.47. The molecular weight excluding hydrogens is 326 g/mol. The van der Waals surface area contributed by atoms with Gasteiger partial charge in [0.2, 0.25) is 0 Å². The standard InChI is InChI=1S/C18H20BrNO/c1-12-7-9-16(15-6-4-3-5-14(12)15)20-17-11-13(19)8-10-18(17)21-2/h3-6,8,10-12,16,20H,7,9H2,1-2H3. The summed E-state index contributed by atoms with van der Waals surface area (Å²) in [6.45, 7) is 2.31. The van der Waals surface area contributed by atoms with E-state index in [-0.39, 0.29) is 0 Å². The number of methoxy groups -OCH3 is 1. The molecule has 3 heteroatoms. The predicted molar refractivity (Wildman–Crippen MR) is 91.1 cm³/mol. The van der Waals surface area contributed by atoms with Crippen LogP contribution in [0.3, 0.4) is 0 Å². The zero-order valence-electron chi connectivity index (χ0n) is 12.4. The van der Waals surface area contributed by atoms with Crippen LogP contribution in [0.15, 0.2) is 46.9 Å². The van der Waals surface area contributed by atoms with Crippen LogP contribution in [0.25, 0.3) is 0 Å². The first-order chi connectivity index (χ1) is 10.2. The molecule has 2 unspecified atom stereocenters. The van der Waals surface area contributed by atoms with Gasteiger partial charge >= 0.3 is 0 Å². The minimum absolute atomic E-state index is 0.348. The Morgan fingerprint density at radius 1 is 1.10 bits per heavy atom. The zero-order chi connectivity index (χ0) is 14.8. The van der Waals surface area contributed by atoms with Crippen molar-refractivity contribution in [2.75, 3.05) is 12.4 Å². The summed E-state index contributed by atoms with van der Waals surface area (Å²) >= 11 is 3.54. The first-order valence-corrected chi connectivity index (χ1v) is 8.17. The molecule has 0 spiro atoms. The molecule has 2 nitrogen and oxygen atoms in total. The average molecular weight is 346 g/mol. The van der Waals surface area contributed by atoms with Crippen LogP contribution < -0.4 is 10.1 Å². The van der Waals surface area contributed by atoms with Crippen molar-refractivity contribution in [3.63, 3.8) is 0 Å². The fourth-order valence-electron chi connectivity index (χ4n) is 3.14. The van der Waals surface area contributed by atoms with Gasteiger partial charge in [-0.3, -0.25) is 0 Å². The van der Waals surface area contributed by atoms with Crippen LogP contribution >= 0.6 is 15.9 Å². The number of hydrogen-bond donors (Lipinski definition) is 1. The van der Waals surface area contributed by atoms with E-state index < -0.39 is 0 Å². The van der Waals surface area contributed by atoms with Crippen LogP contribution in [0.5, 0.6) is 5.75 Å². The highest BCUT2D eigenvalue weighted by Crippen LogP contribution is 2.40. The lowest BCUT2D eigenvalue weighted by molar-refractivity contribution is 0.415. The number of fused-ring (bicyclic) bond motifs is 1. The summed E-state index contributed by atoms with van der Waals surface area (Å²) in [6, 6.07) is 15.2. The molecule has 0 amide bonds. The lowest BCUT2D eigenvalue weighted by Crippen LogP contribution is -2.19. The van der Waals surface area contributed by atoms with E-state index in [0.29, 0.717) is 12.0 Å². The van der Waals surface area contributed by atoms with E-state index >= 15 is 0 Å². The molecule has 0 bridgehead atoms. The molecule has 110 valence electrons. The van der Waals surface area contributed by atoms with Crippen LogP contribution in [0.4, 0.5) is 5.69 Å². The van der Waals surface area contributed by atoms with Crippen molar-refractivity contribution in [3.05, 3.63) is 58.1 Å². The highest BCUT2D eigenvalue weighted by atomic mass is 79.9. The van der Waals surface area contributed by atoms with Gasteiger partial charge in [-0.15, -0.1) is 0 Å². The van der Waals surface area contributed by atoms with Crippen LogP contribution in [-0.2, 0) is 0 Å². The number of hydrogen-bond acceptors (Lipinski definition) is 2. The number of ether oxygens (including phenoxy) is 1. The number of anilines is 1. The van der Waals surface area contributed by atoms with E-state index in [4.69, 9.17) is 4.74 Å². The van der Waals surface area contributed by atoms with E-state index in [1.54, 1.807) is 7.11 Å². The quantitative estimate of drug-likeness (QED) is 0.791. The first-order valence-electron chi connectivity index (χ1n) is 7.38. The summed E-state index contributed by atoms with van der Waals surface area (Å²) in [5, 5.41) is 3.66. The SMILES string of the molecule is COc1ccc(Br)cc1NC1CCC(C)c2ccccc21. The summed E-state index contributed by atoms with van der Waals surface area (Å²) in [5.74, 6) is 1.53. The molecule has 0 saturated carbocycles. The molecule has 2 aromatic carbocycles. The third-order valence-electron chi connectivity index (χ3n) is 4.28. The number of nitrogens with one attached hydrogen (secondary N) is 1. The second-order valence-electron chi connectivity index (χ2n) is 5.65. The van der Waals surface area contributed by atoms with Crippen molar-refractivity contribution >= 4 is 21.6 Å². The Labute approximate surface area is 134 Å². The molecule has 0 aliphatic heterocycles. The molecule has 0 saturated heterocycles. The predicted octanol–water partition coefficient (Wildman–Crippen LogP) is 5.51. The molecule has 1 aliphatic carbocycles. The fourth-order valence-corrected chi connectivity index (χ4v) is 3.50. The highest BCUT2D eigenvalue weighted by Gasteiger charge is 2.24. The van der Waals surface area contributed by atoms with Crippen molar-refractivity contribution in [1.29, 1.82) is 0 Å². The Bertz CT molecular complexity index is 641. The number of rotatable bonds is 3. The lowest BCUT2D eigenvalue weighted by atomic mass is 9.81. The van der Waals surface area contributed by atoms with Crippen molar-refractivity contribution in [3.8, 4) is 5.75 Å². The van der Waals surface area contributed by atoms with Crippen LogP contribution in [0.1, 0.15) is 42.9 Å². The Morgan fingerprint density at radius 2 is 1.86 bits per heavy atom. The summed E-state index contributed by atoms with van der Waals surface area (Å²) in [4.78, 5) is 0. The molecule has 1 N–H and O–H groups in total. The minimum Gasteiger partial charge on any atom is -0.495 e. The largest absolute Gasteiger partial charge is 0.495 e. The van der Waals surface area contributed by atoms with Crippen LogP contribution in [0.2, 0.25) is 0 Å². The monoisotopic (exact) mass is 345 g/mol. The smallest absolute Gasteiger partial charge is 0.142 e. The van der Waals surface area contributed by atoms with Crippen molar-refractivity contribution in [2.24, 2.45) is 0 Å². The maximum Gasteiger partial charge on any atom is 0.142 e. The van der Waals surface area contributed by atoms with Gasteiger partial charge in [-0.25, -0.2) is 0 Å². The molecule has 1 aliphatic rings. The van der Waals surface area contributed by atoms with Gasteiger partial charge in [0.05, 0.1) is 18.8 Å². The van der Waals surface area contributed by atoms with Gasteiger partial charge in [0.25, 0.3) is 0 Å². The van der Waals surface area contributed by atoms with E-state index in [1.165, 1.54) is 17.5 Å². The topological polar surface area (TPSA) is 21.3 Å². The second-order valence-corrected chi connectivity index (χ2v) is 6.56. The summed E-state index contributed by atoms with van der Waals surface area (Å²) < 4.78 is 6.53. The second kappa shape index (κ2) is 6.10. The van der Waals surface area contributed by atoms with Gasteiger partial charge in [0, 0.05) is 4.47 Å². The molecule has 0 fully saturated rings. The fraction of sp³-hybridized carbons (Fsp3) is 0.333. The zero-order valence-corrected chi connectivity index (χ0v) is 14.0. The van der Waals surface area contributed by atoms with E-state index in [9.17, 15) is 0 Å². The van der Waals surface area contributed by atoms with Gasteiger partial charge in [0.15, 0.2) is 0 Å². The average Bonchev–Trinajstić information content (AvgIpc) is 2.51. The molecule has 3 rings (SSSR count). The third kappa shape index (κ3) is 2.93. The molecule has 0 aromatic heterocycles. The minimum atomic E-state index is 0.348. The molecule has 0 radical (unpaired) electrons. The van der Waals surface area contributed by atoms with Crippen molar-refractivity contribution in [2.45, 2.75) is 31.7 Å². The Kier molecular flexibility index (Phi) is 4.20. The Hall–Kier alpha value is -1.48. The van der Waals surface area contributed by atoms with Crippen LogP contribution in [0, 0.1) is 0 Å². The van der Waals surface area contributed by atoms with E-state index in [2.05, 4.69) is 58.5 Å². The first kappa shape index (κ1) is 14.5. The number of halogens is 1. The van der Waals surface area contributed by atoms with E-state index in [1.807, 2.05) is 12.1 Å². The normalized spacial score (nSPS) is 20.7. The Balaban J connectivity index is 1.93. The van der Waals surface area contributed by atoms with Gasteiger partial charge in [0.1, 0.15) is 5.75 Å². The molecule has 2 aromatic rings. The number of benzene rings is 2. The molecule has 2 atom stereocenters. The highest BCUT2D eigenvalue weighted by molar-refractivity contribution is 9.10. The van der Waals surface area contributed by atoms with Gasteiger partial charge in [-0.1, -0.05) is 47.1 Å². The third-order valence-corrected chi connectivity index (χ3v) is 4.78. The maximum atomic E-state index is 5.47. The molecule has 21 heavy (non-hydrogen) atoms. The molecule has 0 heterocycles. The van der Waals surface area contributed by atoms with E-state index in [0.717, 1.165) is 22.3 Å². The van der Waals surface area contributed by atoms with Crippen LogP contribution in [-0.4, -0.2) is 7.11 Å². The summed E-state index contributed by atoms with van der Waals surface area (Å²) in [5.41, 5.74) is 3.93. The van der Waals surface area contributed by atoms with Gasteiger partial charge in [-0.05, 0) is 48.1 Å². The van der Waals surface area contributed by atoms with Gasteiger partial charge in [-0.2, -0.15) is 0 Å². The summed E-state index contributed by atoms with van der Waals surface area (Å²) in [6.07, 6.45) is 2.36. The lowest BCUT2D eigenvalue weighted by Gasteiger charge is -2.31.